The van der Waals surface area contributed by atoms with Gasteiger partial charge in [0.2, 0.25) is 5.95 Å². The zero-order valence-electron chi connectivity index (χ0n) is 11.6. The molecule has 1 aliphatic rings. The Morgan fingerprint density at radius 2 is 2.37 bits per heavy atom. The number of anilines is 1. The largest absolute Gasteiger partial charge is 0.351 e. The summed E-state index contributed by atoms with van der Waals surface area (Å²) in [6.07, 6.45) is 4.51. The molecule has 0 bridgehead atoms. The van der Waals surface area contributed by atoms with E-state index in [2.05, 4.69) is 40.2 Å². The summed E-state index contributed by atoms with van der Waals surface area (Å²) in [6, 6.07) is 4.68. The molecule has 0 saturated carbocycles. The van der Waals surface area contributed by atoms with Gasteiger partial charge in [-0.2, -0.15) is 4.98 Å². The highest BCUT2D eigenvalue weighted by molar-refractivity contribution is 5.49. The van der Waals surface area contributed by atoms with Gasteiger partial charge in [-0.3, -0.25) is 4.90 Å². The second-order valence-electron chi connectivity index (χ2n) is 5.20. The first-order valence-electron chi connectivity index (χ1n) is 7.08. The van der Waals surface area contributed by atoms with Crippen LogP contribution in [-0.2, 0) is 0 Å². The van der Waals surface area contributed by atoms with Gasteiger partial charge in [-0.1, -0.05) is 13.0 Å². The van der Waals surface area contributed by atoms with E-state index in [9.17, 15) is 0 Å². The molecule has 1 fully saturated rings. The van der Waals surface area contributed by atoms with Gasteiger partial charge in [-0.25, -0.2) is 4.52 Å². The van der Waals surface area contributed by atoms with Gasteiger partial charge in [-0.15, -0.1) is 5.10 Å². The van der Waals surface area contributed by atoms with Gasteiger partial charge in [0, 0.05) is 18.8 Å². The molecule has 1 N–H and O–H groups in total. The van der Waals surface area contributed by atoms with E-state index in [1.54, 1.807) is 0 Å². The fourth-order valence-electron chi connectivity index (χ4n) is 2.87. The minimum absolute atomic E-state index is 0.623. The molecule has 0 aromatic carbocycles. The van der Waals surface area contributed by atoms with Crippen LogP contribution in [0.5, 0.6) is 0 Å². The monoisotopic (exact) mass is 259 g/mol. The Labute approximate surface area is 113 Å². The van der Waals surface area contributed by atoms with Crippen LogP contribution < -0.4 is 5.32 Å². The summed E-state index contributed by atoms with van der Waals surface area (Å²) in [5, 5.41) is 7.84. The second-order valence-corrected chi connectivity index (χ2v) is 5.20. The molecule has 5 heteroatoms. The summed E-state index contributed by atoms with van der Waals surface area (Å²) in [7, 11) is 0. The van der Waals surface area contributed by atoms with Crippen LogP contribution in [0.3, 0.4) is 0 Å². The number of fused-ring (bicyclic) bond motifs is 1. The predicted molar refractivity (Wildman–Crippen MR) is 76.5 cm³/mol. The van der Waals surface area contributed by atoms with Crippen LogP contribution in [0.25, 0.3) is 5.65 Å². The van der Waals surface area contributed by atoms with E-state index in [0.29, 0.717) is 6.04 Å². The molecule has 2 aromatic rings. The van der Waals surface area contributed by atoms with Crippen molar-refractivity contribution in [1.82, 2.24) is 19.5 Å². The molecule has 1 atom stereocenters. The van der Waals surface area contributed by atoms with Crippen LogP contribution in [0.1, 0.15) is 25.3 Å². The predicted octanol–water partition coefficient (Wildman–Crippen LogP) is 1.93. The molecule has 1 unspecified atom stereocenters. The highest BCUT2D eigenvalue weighted by Crippen LogP contribution is 2.17. The number of nitrogens with zero attached hydrogens (tertiary/aromatic N) is 4. The van der Waals surface area contributed by atoms with E-state index in [-0.39, 0.29) is 0 Å². The number of rotatable bonds is 4. The summed E-state index contributed by atoms with van der Waals surface area (Å²) in [4.78, 5) is 7.07. The molecule has 102 valence electrons. The van der Waals surface area contributed by atoms with Gasteiger partial charge in [-0.05, 0) is 44.5 Å². The number of aromatic nitrogens is 3. The maximum atomic E-state index is 4.55. The van der Waals surface area contributed by atoms with Crippen molar-refractivity contribution < 1.29 is 0 Å². The van der Waals surface area contributed by atoms with Crippen LogP contribution in [0, 0.1) is 6.92 Å². The number of nitrogens with one attached hydrogen (secondary N) is 1. The van der Waals surface area contributed by atoms with Gasteiger partial charge in [0.1, 0.15) is 0 Å². The minimum atomic E-state index is 0.623. The molecule has 1 aliphatic heterocycles. The van der Waals surface area contributed by atoms with E-state index in [4.69, 9.17) is 0 Å². The van der Waals surface area contributed by atoms with E-state index < -0.39 is 0 Å². The van der Waals surface area contributed by atoms with Crippen molar-refractivity contribution in [2.75, 3.05) is 25.0 Å². The van der Waals surface area contributed by atoms with Gasteiger partial charge in [0.25, 0.3) is 0 Å². The minimum Gasteiger partial charge on any atom is -0.351 e. The van der Waals surface area contributed by atoms with Crippen molar-refractivity contribution in [3.8, 4) is 0 Å². The number of hydrogen-bond donors (Lipinski definition) is 1. The quantitative estimate of drug-likeness (QED) is 0.911. The van der Waals surface area contributed by atoms with Crippen LogP contribution in [0.15, 0.2) is 18.3 Å². The maximum Gasteiger partial charge on any atom is 0.243 e. The van der Waals surface area contributed by atoms with Crippen molar-refractivity contribution in [2.45, 2.75) is 32.7 Å². The van der Waals surface area contributed by atoms with Crippen molar-refractivity contribution in [3.63, 3.8) is 0 Å². The van der Waals surface area contributed by atoms with Crippen molar-refractivity contribution in [1.29, 1.82) is 0 Å². The molecule has 0 aliphatic carbocycles. The topological polar surface area (TPSA) is 45.5 Å². The molecule has 5 nitrogen and oxygen atoms in total. The Balaban J connectivity index is 1.70. The van der Waals surface area contributed by atoms with Crippen LogP contribution in [0.2, 0.25) is 0 Å². The lowest BCUT2D eigenvalue weighted by atomic mass is 10.2. The summed E-state index contributed by atoms with van der Waals surface area (Å²) in [5.41, 5.74) is 2.09. The molecular weight excluding hydrogens is 238 g/mol. The first kappa shape index (κ1) is 12.4. The zero-order valence-corrected chi connectivity index (χ0v) is 11.6. The van der Waals surface area contributed by atoms with Crippen molar-refractivity contribution in [3.05, 3.63) is 23.9 Å². The van der Waals surface area contributed by atoms with E-state index in [1.807, 2.05) is 16.8 Å². The number of likely N-dealkylation sites (N-methyl/N-ethyl adjacent to an activating group) is 1. The van der Waals surface area contributed by atoms with Gasteiger partial charge < -0.3 is 5.32 Å². The summed E-state index contributed by atoms with van der Waals surface area (Å²) in [5.74, 6) is 0.734. The molecule has 1 saturated heterocycles. The number of pyridine rings is 1. The Hall–Kier alpha value is -1.62. The Kier molecular flexibility index (Phi) is 3.38. The average Bonchev–Trinajstić information content (AvgIpc) is 3.02. The lowest BCUT2D eigenvalue weighted by Gasteiger charge is -2.22. The molecule has 0 amide bonds. The van der Waals surface area contributed by atoms with Gasteiger partial charge in [0.05, 0.1) is 0 Å². The third-order valence-electron chi connectivity index (χ3n) is 3.96. The molecule has 3 heterocycles. The van der Waals surface area contributed by atoms with Crippen molar-refractivity contribution in [2.24, 2.45) is 0 Å². The highest BCUT2D eigenvalue weighted by Gasteiger charge is 2.22. The SMILES string of the molecule is CCN1CCCC1CNc1nc2c(C)cccn2n1. The van der Waals surface area contributed by atoms with Crippen LogP contribution >= 0.6 is 0 Å². The number of hydrogen-bond acceptors (Lipinski definition) is 4. The average molecular weight is 259 g/mol. The van der Waals surface area contributed by atoms with Gasteiger partial charge in [0.15, 0.2) is 5.65 Å². The fraction of sp³-hybridized carbons (Fsp3) is 0.571. The molecule has 0 spiro atoms. The Morgan fingerprint density at radius 3 is 3.16 bits per heavy atom. The second kappa shape index (κ2) is 5.17. The normalized spacial score (nSPS) is 20.2. The number of aryl methyl sites for hydroxylation is 1. The molecule has 19 heavy (non-hydrogen) atoms. The molecule has 0 radical (unpaired) electrons. The summed E-state index contributed by atoms with van der Waals surface area (Å²) >= 11 is 0. The summed E-state index contributed by atoms with van der Waals surface area (Å²) in [6.45, 7) is 7.57. The van der Waals surface area contributed by atoms with E-state index in [1.165, 1.54) is 19.4 Å². The smallest absolute Gasteiger partial charge is 0.243 e. The first-order chi connectivity index (χ1) is 9.28. The molecule has 3 rings (SSSR count). The first-order valence-corrected chi connectivity index (χ1v) is 7.08. The van der Waals surface area contributed by atoms with Crippen molar-refractivity contribution >= 4 is 11.6 Å². The number of likely N-dealkylation sites (tertiary alicyclic amines) is 1. The van der Waals surface area contributed by atoms with E-state index >= 15 is 0 Å². The molecular formula is C14H21N5. The lowest BCUT2D eigenvalue weighted by molar-refractivity contribution is 0.277. The fourth-order valence-corrected chi connectivity index (χ4v) is 2.87. The van der Waals surface area contributed by atoms with Gasteiger partial charge >= 0.3 is 0 Å². The zero-order chi connectivity index (χ0) is 13.2. The Bertz CT molecular complexity index is 562. The van der Waals surface area contributed by atoms with Crippen LogP contribution in [0.4, 0.5) is 5.95 Å². The molecule has 2 aromatic heterocycles. The van der Waals surface area contributed by atoms with Crippen LogP contribution in [-0.4, -0.2) is 45.2 Å². The third kappa shape index (κ3) is 2.42. The summed E-state index contributed by atoms with van der Waals surface area (Å²) < 4.78 is 1.84. The lowest BCUT2D eigenvalue weighted by Crippen LogP contribution is -2.34. The standard InChI is InChI=1S/C14H21N5/c1-3-18-8-5-7-12(18)10-15-14-16-13-11(2)6-4-9-19(13)17-14/h4,6,9,12H,3,5,7-8,10H2,1-2H3,(H,15,17). The maximum absolute atomic E-state index is 4.55. The van der Waals surface area contributed by atoms with E-state index in [0.717, 1.165) is 30.2 Å². The third-order valence-corrected chi connectivity index (χ3v) is 3.96. The highest BCUT2D eigenvalue weighted by atomic mass is 15.3. The Morgan fingerprint density at radius 1 is 1.47 bits per heavy atom.